The summed E-state index contributed by atoms with van der Waals surface area (Å²) in [5.74, 6) is 2.04. The van der Waals surface area contributed by atoms with E-state index >= 15 is 0 Å². The molecule has 0 aliphatic heterocycles. The van der Waals surface area contributed by atoms with Gasteiger partial charge in [0.25, 0.3) is 0 Å². The lowest BCUT2D eigenvalue weighted by Gasteiger charge is -2.17. The fraction of sp³-hybridized carbons (Fsp3) is 0.300. The minimum absolute atomic E-state index is 0.100. The minimum atomic E-state index is -0.264. The maximum absolute atomic E-state index is 13.2. The van der Waals surface area contributed by atoms with E-state index in [1.807, 2.05) is 27.1 Å². The van der Waals surface area contributed by atoms with Gasteiger partial charge >= 0.3 is 0 Å². The highest BCUT2D eigenvalue weighted by molar-refractivity contribution is 5.58. The summed E-state index contributed by atoms with van der Waals surface area (Å²) in [5, 5.41) is 9.72. The topological polar surface area (TPSA) is 90.9 Å². The van der Waals surface area contributed by atoms with Crippen molar-refractivity contribution in [3.05, 3.63) is 60.3 Å². The SMILES string of the molecule is C[C@H](Nc1nc(NCCN(C)C)cc(Nc2cnccn2)n1)c1ccc(F)cc1. The highest BCUT2D eigenvalue weighted by atomic mass is 19.1. The monoisotopic (exact) mass is 396 g/mol. The van der Waals surface area contributed by atoms with Crippen LogP contribution in [0.3, 0.4) is 0 Å². The first-order valence-electron chi connectivity index (χ1n) is 9.32. The van der Waals surface area contributed by atoms with Crippen LogP contribution in [-0.2, 0) is 0 Å². The van der Waals surface area contributed by atoms with E-state index in [2.05, 4.69) is 40.8 Å². The fourth-order valence-corrected chi connectivity index (χ4v) is 2.60. The molecule has 3 rings (SSSR count). The van der Waals surface area contributed by atoms with Crippen molar-refractivity contribution in [1.82, 2.24) is 24.8 Å². The van der Waals surface area contributed by atoms with Crippen LogP contribution in [0.5, 0.6) is 0 Å². The predicted molar refractivity (Wildman–Crippen MR) is 113 cm³/mol. The standard InChI is InChI=1S/C20H25FN8/c1-14(15-4-6-16(21)7-5-15)25-20-27-17(24-10-11-29(2)3)12-18(28-20)26-19-13-22-8-9-23-19/h4-9,12-14H,10-11H2,1-3H3,(H3,23,24,25,26,27,28)/t14-/m0/s1. The third kappa shape index (κ3) is 6.35. The number of rotatable bonds is 9. The third-order valence-corrected chi connectivity index (χ3v) is 4.13. The number of halogens is 1. The van der Waals surface area contributed by atoms with Crippen LogP contribution < -0.4 is 16.0 Å². The van der Waals surface area contributed by atoms with Crippen LogP contribution in [0.1, 0.15) is 18.5 Å². The molecular weight excluding hydrogens is 371 g/mol. The van der Waals surface area contributed by atoms with E-state index in [9.17, 15) is 4.39 Å². The molecule has 9 heteroatoms. The summed E-state index contributed by atoms with van der Waals surface area (Å²) in [6, 6.07) is 8.08. The van der Waals surface area contributed by atoms with Gasteiger partial charge in [-0.25, -0.2) is 9.37 Å². The van der Waals surface area contributed by atoms with Gasteiger partial charge in [-0.15, -0.1) is 0 Å². The van der Waals surface area contributed by atoms with Crippen LogP contribution in [-0.4, -0.2) is 52.0 Å². The van der Waals surface area contributed by atoms with Crippen molar-refractivity contribution in [2.24, 2.45) is 0 Å². The Morgan fingerprint density at radius 2 is 1.79 bits per heavy atom. The van der Waals surface area contributed by atoms with Gasteiger partial charge in [-0.05, 0) is 38.7 Å². The summed E-state index contributed by atoms with van der Waals surface area (Å²) in [6.45, 7) is 3.58. The summed E-state index contributed by atoms with van der Waals surface area (Å²) >= 11 is 0. The van der Waals surface area contributed by atoms with Gasteiger partial charge in [0.05, 0.1) is 12.2 Å². The maximum Gasteiger partial charge on any atom is 0.227 e. The average Bonchev–Trinajstić information content (AvgIpc) is 2.69. The fourth-order valence-electron chi connectivity index (χ4n) is 2.60. The Bertz CT molecular complexity index is 902. The largest absolute Gasteiger partial charge is 0.369 e. The number of nitrogens with one attached hydrogen (secondary N) is 3. The van der Waals surface area contributed by atoms with Crippen LogP contribution in [0, 0.1) is 5.82 Å². The quantitative estimate of drug-likeness (QED) is 0.508. The van der Waals surface area contributed by atoms with Crippen LogP contribution in [0.2, 0.25) is 0 Å². The van der Waals surface area contributed by atoms with Crippen LogP contribution in [0.15, 0.2) is 48.9 Å². The molecule has 8 nitrogen and oxygen atoms in total. The van der Waals surface area contributed by atoms with Gasteiger partial charge in [0.15, 0.2) is 0 Å². The Kier molecular flexibility index (Phi) is 6.85. The summed E-state index contributed by atoms with van der Waals surface area (Å²) in [5.41, 5.74) is 0.935. The zero-order chi connectivity index (χ0) is 20.6. The van der Waals surface area contributed by atoms with Crippen LogP contribution >= 0.6 is 0 Å². The molecule has 0 aliphatic rings. The van der Waals surface area contributed by atoms with Crippen molar-refractivity contribution >= 4 is 23.4 Å². The Hall–Kier alpha value is -3.33. The van der Waals surface area contributed by atoms with Crippen molar-refractivity contribution < 1.29 is 4.39 Å². The lowest BCUT2D eigenvalue weighted by molar-refractivity contribution is 0.425. The molecule has 0 aliphatic carbocycles. The van der Waals surface area contributed by atoms with Crippen molar-refractivity contribution in [3.8, 4) is 0 Å². The average molecular weight is 396 g/mol. The molecule has 0 unspecified atom stereocenters. The van der Waals surface area contributed by atoms with E-state index in [4.69, 9.17) is 0 Å². The first-order chi connectivity index (χ1) is 14.0. The van der Waals surface area contributed by atoms with E-state index in [1.165, 1.54) is 12.1 Å². The zero-order valence-corrected chi connectivity index (χ0v) is 16.7. The number of aromatic nitrogens is 4. The van der Waals surface area contributed by atoms with E-state index in [0.29, 0.717) is 23.4 Å². The second-order valence-electron chi connectivity index (χ2n) is 6.83. The highest BCUT2D eigenvalue weighted by Crippen LogP contribution is 2.21. The van der Waals surface area contributed by atoms with Gasteiger partial charge in [0.2, 0.25) is 5.95 Å². The smallest absolute Gasteiger partial charge is 0.227 e. The van der Waals surface area contributed by atoms with Crippen molar-refractivity contribution in [1.29, 1.82) is 0 Å². The maximum atomic E-state index is 13.2. The molecule has 29 heavy (non-hydrogen) atoms. The first kappa shape index (κ1) is 20.4. The van der Waals surface area contributed by atoms with Gasteiger partial charge in [0, 0.05) is 31.5 Å². The molecule has 1 aromatic carbocycles. The van der Waals surface area contributed by atoms with E-state index in [1.54, 1.807) is 30.7 Å². The summed E-state index contributed by atoms with van der Waals surface area (Å²) in [7, 11) is 4.03. The Balaban J connectivity index is 1.79. The van der Waals surface area contributed by atoms with Gasteiger partial charge in [0.1, 0.15) is 23.3 Å². The van der Waals surface area contributed by atoms with E-state index in [-0.39, 0.29) is 11.9 Å². The number of likely N-dealkylation sites (N-methyl/N-ethyl adjacent to an activating group) is 1. The van der Waals surface area contributed by atoms with Crippen LogP contribution in [0.4, 0.5) is 27.8 Å². The second kappa shape index (κ2) is 9.74. The second-order valence-corrected chi connectivity index (χ2v) is 6.83. The predicted octanol–water partition coefficient (Wildman–Crippen LogP) is 3.30. The molecule has 1 atom stereocenters. The van der Waals surface area contributed by atoms with Crippen LogP contribution in [0.25, 0.3) is 0 Å². The molecule has 0 fully saturated rings. The summed E-state index contributed by atoms with van der Waals surface area (Å²) in [6.07, 6.45) is 4.84. The van der Waals surface area contributed by atoms with E-state index in [0.717, 1.165) is 18.7 Å². The van der Waals surface area contributed by atoms with Gasteiger partial charge in [-0.1, -0.05) is 12.1 Å². The first-order valence-corrected chi connectivity index (χ1v) is 9.32. The van der Waals surface area contributed by atoms with Crippen molar-refractivity contribution in [2.75, 3.05) is 43.1 Å². The molecule has 0 amide bonds. The minimum Gasteiger partial charge on any atom is -0.369 e. The number of nitrogens with zero attached hydrogens (tertiary/aromatic N) is 5. The number of benzene rings is 1. The molecular formula is C20H25FN8. The zero-order valence-electron chi connectivity index (χ0n) is 16.7. The Labute approximate surface area is 169 Å². The molecule has 0 saturated carbocycles. The molecule has 0 radical (unpaired) electrons. The Morgan fingerprint density at radius 3 is 2.48 bits per heavy atom. The van der Waals surface area contributed by atoms with Gasteiger partial charge in [-0.2, -0.15) is 9.97 Å². The third-order valence-electron chi connectivity index (χ3n) is 4.13. The summed E-state index contributed by atoms with van der Waals surface area (Å²) in [4.78, 5) is 19.4. The lowest BCUT2D eigenvalue weighted by Crippen LogP contribution is -2.21. The van der Waals surface area contributed by atoms with Crippen molar-refractivity contribution in [3.63, 3.8) is 0 Å². The number of hydrogen-bond acceptors (Lipinski definition) is 8. The normalized spacial score (nSPS) is 11.9. The lowest BCUT2D eigenvalue weighted by atomic mass is 10.1. The van der Waals surface area contributed by atoms with Crippen molar-refractivity contribution in [2.45, 2.75) is 13.0 Å². The summed E-state index contributed by atoms with van der Waals surface area (Å²) < 4.78 is 13.2. The molecule has 152 valence electrons. The molecule has 2 heterocycles. The van der Waals surface area contributed by atoms with Gasteiger partial charge in [-0.3, -0.25) is 4.98 Å². The number of hydrogen-bond donors (Lipinski definition) is 3. The molecule has 3 N–H and O–H groups in total. The molecule has 0 spiro atoms. The molecule has 3 aromatic rings. The number of anilines is 4. The van der Waals surface area contributed by atoms with Gasteiger partial charge < -0.3 is 20.9 Å². The van der Waals surface area contributed by atoms with E-state index < -0.39 is 0 Å². The highest BCUT2D eigenvalue weighted by Gasteiger charge is 2.11. The molecule has 0 saturated heterocycles. The molecule has 2 aromatic heterocycles. The molecule has 0 bridgehead atoms. The Morgan fingerprint density at radius 1 is 1.03 bits per heavy atom.